The quantitative estimate of drug-likeness (QED) is 0.189. The first kappa shape index (κ1) is 47.2. The lowest BCUT2D eigenvalue weighted by Crippen LogP contribution is -2.64. The Labute approximate surface area is 339 Å². The third-order valence-corrected chi connectivity index (χ3v) is 13.3. The number of fused-ring (bicyclic) bond motifs is 3. The number of cyclic esters (lactones) is 1. The van der Waals surface area contributed by atoms with Gasteiger partial charge >= 0.3 is 5.97 Å². The van der Waals surface area contributed by atoms with Crippen molar-refractivity contribution in [3.05, 3.63) is 23.3 Å². The van der Waals surface area contributed by atoms with E-state index in [4.69, 9.17) is 23.7 Å². The van der Waals surface area contributed by atoms with Crippen molar-refractivity contribution in [3.8, 4) is 0 Å². The Bertz CT molecular complexity index is 1480. The van der Waals surface area contributed by atoms with E-state index in [1.165, 1.54) is 19.1 Å². The van der Waals surface area contributed by atoms with E-state index in [-0.39, 0.29) is 43.4 Å². The summed E-state index contributed by atoms with van der Waals surface area (Å²) in [6.07, 6.45) is 4.14. The average Bonchev–Trinajstić information content (AvgIpc) is 3.18. The summed E-state index contributed by atoms with van der Waals surface area (Å²) in [6.45, 7) is 13.0. The summed E-state index contributed by atoms with van der Waals surface area (Å²) in [4.78, 5) is 57.8. The van der Waals surface area contributed by atoms with E-state index in [0.29, 0.717) is 56.9 Å². The number of ketones is 2. The van der Waals surface area contributed by atoms with Crippen LogP contribution in [0.2, 0.25) is 0 Å². The number of piperidine rings is 1. The van der Waals surface area contributed by atoms with Gasteiger partial charge in [0.2, 0.25) is 5.79 Å². The monoisotopic (exact) mass is 805 g/mol. The Kier molecular flexibility index (Phi) is 16.7. The number of Topliss-reactive ketones (excluding diaryl/α,β-unsaturated/α-hetero) is 2. The molecule has 3 fully saturated rings. The maximum atomic E-state index is 14.3. The second-order valence-electron chi connectivity index (χ2n) is 17.9. The molecule has 3 aliphatic heterocycles. The lowest BCUT2D eigenvalue weighted by molar-refractivity contribution is -0.302. The van der Waals surface area contributed by atoms with E-state index in [1.807, 2.05) is 32.9 Å². The van der Waals surface area contributed by atoms with Crippen molar-refractivity contribution in [1.29, 1.82) is 0 Å². The van der Waals surface area contributed by atoms with Crippen molar-refractivity contribution in [1.82, 2.24) is 4.90 Å². The summed E-state index contributed by atoms with van der Waals surface area (Å²) in [5, 5.41) is 34.6. The summed E-state index contributed by atoms with van der Waals surface area (Å²) in [7, 11) is 4.63. The van der Waals surface area contributed by atoms with Gasteiger partial charge < -0.3 is 43.9 Å². The molecule has 324 valence electrons. The van der Waals surface area contributed by atoms with Crippen LogP contribution in [-0.2, 0) is 42.9 Å². The number of carbonyl (C=O) groups excluding carboxylic acids is 4. The van der Waals surface area contributed by atoms with Gasteiger partial charge in [-0.2, -0.15) is 0 Å². The van der Waals surface area contributed by atoms with Crippen molar-refractivity contribution in [2.75, 3.05) is 27.9 Å². The summed E-state index contributed by atoms with van der Waals surface area (Å²) in [5.74, 6) is -7.54. The van der Waals surface area contributed by atoms with Crippen LogP contribution in [0.25, 0.3) is 0 Å². The Morgan fingerprint density at radius 1 is 0.965 bits per heavy atom. The highest BCUT2D eigenvalue weighted by atomic mass is 16.7. The van der Waals surface area contributed by atoms with Gasteiger partial charge in [-0.3, -0.25) is 14.4 Å². The maximum absolute atomic E-state index is 14.3. The molecule has 1 amide bonds. The molecule has 1 saturated carbocycles. The SMILES string of the molecule is CCC1C=C(C)CC(C)CC(OC)C2OC(O)(C(=O)C(=O)N3CCCCC3C(=O)OC(C(C)=CC3CCC(C)(O)C(OC)C3)C(C)C(O)CC1=O)C(C)CC2OC. The largest absolute Gasteiger partial charge is 0.456 e. The highest BCUT2D eigenvalue weighted by Gasteiger charge is 2.56. The molecular formula is C44H71NO12. The molecule has 57 heavy (non-hydrogen) atoms. The topological polar surface area (TPSA) is 178 Å². The second-order valence-corrected chi connectivity index (χ2v) is 17.9. The molecule has 3 heterocycles. The lowest BCUT2D eigenvalue weighted by Gasteiger charge is -2.47. The van der Waals surface area contributed by atoms with E-state index in [9.17, 15) is 34.5 Å². The zero-order valence-corrected chi connectivity index (χ0v) is 36.0. The second kappa shape index (κ2) is 20.2. The molecule has 14 unspecified atom stereocenters. The zero-order chi connectivity index (χ0) is 42.4. The fourth-order valence-corrected chi connectivity index (χ4v) is 9.63. The number of nitrogens with zero attached hydrogens (tertiary/aromatic N) is 1. The zero-order valence-electron chi connectivity index (χ0n) is 36.0. The van der Waals surface area contributed by atoms with Gasteiger partial charge in [0.05, 0.1) is 30.0 Å². The third-order valence-electron chi connectivity index (χ3n) is 13.3. The van der Waals surface area contributed by atoms with Gasteiger partial charge in [-0.15, -0.1) is 0 Å². The highest BCUT2D eigenvalue weighted by molar-refractivity contribution is 6.39. The van der Waals surface area contributed by atoms with Gasteiger partial charge in [0.25, 0.3) is 11.7 Å². The van der Waals surface area contributed by atoms with Crippen LogP contribution in [0.4, 0.5) is 0 Å². The Balaban J connectivity index is 1.77. The molecule has 13 nitrogen and oxygen atoms in total. The molecule has 4 aliphatic rings. The fraction of sp³-hybridized carbons (Fsp3) is 0.818. The van der Waals surface area contributed by atoms with Crippen LogP contribution in [0.3, 0.4) is 0 Å². The number of allylic oxidation sites excluding steroid dienone is 3. The van der Waals surface area contributed by atoms with Crippen LogP contribution < -0.4 is 0 Å². The number of esters is 1. The predicted molar refractivity (Wildman–Crippen MR) is 213 cm³/mol. The smallest absolute Gasteiger partial charge is 0.329 e. The molecule has 0 spiro atoms. The lowest BCUT2D eigenvalue weighted by atomic mass is 9.76. The van der Waals surface area contributed by atoms with Crippen LogP contribution in [0.5, 0.6) is 0 Å². The first-order valence-corrected chi connectivity index (χ1v) is 21.1. The molecule has 0 aromatic carbocycles. The van der Waals surface area contributed by atoms with Crippen LogP contribution in [-0.4, -0.2) is 126 Å². The van der Waals surface area contributed by atoms with E-state index < -0.39 is 89.5 Å². The molecule has 4 rings (SSSR count). The van der Waals surface area contributed by atoms with Gasteiger partial charge in [0, 0.05) is 52.0 Å². The number of methoxy groups -OCH3 is 3. The molecule has 1 aliphatic carbocycles. The molecule has 3 N–H and O–H groups in total. The summed E-state index contributed by atoms with van der Waals surface area (Å²) >= 11 is 0. The third kappa shape index (κ3) is 11.0. The van der Waals surface area contributed by atoms with Crippen molar-refractivity contribution in [2.24, 2.45) is 29.6 Å². The fourth-order valence-electron chi connectivity index (χ4n) is 9.63. The number of carbonyl (C=O) groups is 4. The number of rotatable bonds is 6. The van der Waals surface area contributed by atoms with Gasteiger partial charge in [0.1, 0.15) is 24.0 Å². The van der Waals surface area contributed by atoms with Gasteiger partial charge in [-0.05, 0) is 102 Å². The van der Waals surface area contributed by atoms with Crippen LogP contribution >= 0.6 is 0 Å². The van der Waals surface area contributed by atoms with Crippen molar-refractivity contribution >= 4 is 23.4 Å². The molecule has 2 bridgehead atoms. The van der Waals surface area contributed by atoms with E-state index in [0.717, 1.165) is 5.57 Å². The van der Waals surface area contributed by atoms with Gasteiger partial charge in [-0.1, -0.05) is 45.4 Å². The Hall–Kier alpha value is -2.52. The summed E-state index contributed by atoms with van der Waals surface area (Å²) in [6, 6.07) is -1.14. The summed E-state index contributed by atoms with van der Waals surface area (Å²) < 4.78 is 29.9. The van der Waals surface area contributed by atoms with Crippen molar-refractivity contribution < 1.29 is 58.2 Å². The number of aliphatic hydroxyl groups is 3. The number of ether oxygens (including phenoxy) is 5. The van der Waals surface area contributed by atoms with E-state index in [2.05, 4.69) is 6.92 Å². The molecule has 2 saturated heterocycles. The Morgan fingerprint density at radius 3 is 2.26 bits per heavy atom. The minimum absolute atomic E-state index is 0.0205. The predicted octanol–water partition coefficient (Wildman–Crippen LogP) is 4.86. The maximum Gasteiger partial charge on any atom is 0.329 e. The van der Waals surface area contributed by atoms with Crippen LogP contribution in [0.15, 0.2) is 23.3 Å². The number of hydrogen-bond donors (Lipinski definition) is 3. The average molecular weight is 806 g/mol. The molecule has 0 aromatic rings. The molecular weight excluding hydrogens is 734 g/mol. The van der Waals surface area contributed by atoms with E-state index >= 15 is 0 Å². The standard InChI is InChI=1S/C44H71NO12/c1-11-31-19-25(2)18-26(3)20-35(53-8)39-36(54-9)22-28(5)44(52,57-39)40(48)41(49)45-17-13-12-14-32(45)42(50)56-38(29(6)33(46)24-34(31)47)27(4)21-30-15-16-43(7,51)37(23-30)55-10/h19,21,26,28-33,35-39,46,51-52H,11-18,20,22-24H2,1-10H3. The van der Waals surface area contributed by atoms with Crippen LogP contribution in [0, 0.1) is 29.6 Å². The minimum atomic E-state index is -2.50. The first-order chi connectivity index (χ1) is 26.8. The number of amides is 1. The van der Waals surface area contributed by atoms with Gasteiger partial charge in [-0.25, -0.2) is 4.79 Å². The van der Waals surface area contributed by atoms with Crippen molar-refractivity contribution in [3.63, 3.8) is 0 Å². The van der Waals surface area contributed by atoms with Crippen molar-refractivity contribution in [2.45, 2.75) is 173 Å². The first-order valence-electron chi connectivity index (χ1n) is 21.1. The normalized spacial score (nSPS) is 41.5. The Morgan fingerprint density at radius 2 is 1.63 bits per heavy atom. The van der Waals surface area contributed by atoms with E-state index in [1.54, 1.807) is 27.9 Å². The summed E-state index contributed by atoms with van der Waals surface area (Å²) in [5.41, 5.74) is 0.669. The molecule has 0 aromatic heterocycles. The number of hydrogen-bond acceptors (Lipinski definition) is 12. The minimum Gasteiger partial charge on any atom is -0.456 e. The highest BCUT2D eigenvalue weighted by Crippen LogP contribution is 2.40. The van der Waals surface area contributed by atoms with Crippen LogP contribution in [0.1, 0.15) is 119 Å². The molecule has 14 atom stereocenters. The molecule has 13 heteroatoms. The van der Waals surface area contributed by atoms with Gasteiger partial charge in [0.15, 0.2) is 0 Å². The molecule has 0 radical (unpaired) electrons. The number of aliphatic hydroxyl groups excluding tert-OH is 1.